The van der Waals surface area contributed by atoms with E-state index in [-0.39, 0.29) is 10.7 Å². The molecule has 0 aliphatic carbocycles. The van der Waals surface area contributed by atoms with Crippen LogP contribution in [0.5, 0.6) is 0 Å². The van der Waals surface area contributed by atoms with Crippen molar-refractivity contribution in [1.82, 2.24) is 19.3 Å². The lowest BCUT2D eigenvalue weighted by Crippen LogP contribution is -2.48. The fourth-order valence-corrected chi connectivity index (χ4v) is 4.43. The second-order valence-electron chi connectivity index (χ2n) is 6.62. The Hall–Kier alpha value is -2.10. The van der Waals surface area contributed by atoms with Crippen LogP contribution in [0.4, 0.5) is 0 Å². The Morgan fingerprint density at radius 1 is 1.15 bits per heavy atom. The molecule has 2 aromatic rings. The van der Waals surface area contributed by atoms with E-state index in [4.69, 9.17) is 4.52 Å². The van der Waals surface area contributed by atoms with E-state index < -0.39 is 10.0 Å². The van der Waals surface area contributed by atoms with Crippen LogP contribution in [0.3, 0.4) is 0 Å². The Morgan fingerprint density at radius 3 is 2.41 bits per heavy atom. The average molecular weight is 392 g/mol. The first kappa shape index (κ1) is 19.7. The summed E-state index contributed by atoms with van der Waals surface area (Å²) in [6.07, 6.45) is 1.72. The van der Waals surface area contributed by atoms with Gasteiger partial charge in [-0.15, -0.1) is 0 Å². The maximum atomic E-state index is 12.8. The fraction of sp³-hybridized carbons (Fsp3) is 0.500. The van der Waals surface area contributed by atoms with Crippen molar-refractivity contribution in [3.63, 3.8) is 0 Å². The quantitative estimate of drug-likeness (QED) is 0.662. The molecule has 1 fully saturated rings. The van der Waals surface area contributed by atoms with E-state index in [2.05, 4.69) is 22.0 Å². The van der Waals surface area contributed by atoms with E-state index in [0.717, 1.165) is 12.8 Å². The van der Waals surface area contributed by atoms with Crippen molar-refractivity contribution in [2.75, 3.05) is 26.2 Å². The molecule has 9 heteroatoms. The smallest absolute Gasteiger partial charge is 0.243 e. The minimum Gasteiger partial charge on any atom is -0.339 e. The van der Waals surface area contributed by atoms with Crippen LogP contribution in [0.25, 0.3) is 0 Å². The lowest BCUT2D eigenvalue weighted by molar-refractivity contribution is 0.101. The lowest BCUT2D eigenvalue weighted by atomic mass is 10.2. The molecule has 27 heavy (non-hydrogen) atoms. The predicted octanol–water partition coefficient (Wildman–Crippen LogP) is 1.73. The van der Waals surface area contributed by atoms with Gasteiger partial charge in [-0.25, -0.2) is 8.42 Å². The zero-order chi connectivity index (χ0) is 19.4. The van der Waals surface area contributed by atoms with Crippen LogP contribution in [-0.2, 0) is 23.0 Å². The summed E-state index contributed by atoms with van der Waals surface area (Å²) in [4.78, 5) is 18.0. The van der Waals surface area contributed by atoms with Crippen molar-refractivity contribution in [1.29, 1.82) is 0 Å². The van der Waals surface area contributed by atoms with E-state index in [1.807, 2.05) is 0 Å². The third-order valence-electron chi connectivity index (χ3n) is 4.57. The van der Waals surface area contributed by atoms with E-state index in [0.29, 0.717) is 50.0 Å². The van der Waals surface area contributed by atoms with Gasteiger partial charge in [0.15, 0.2) is 11.6 Å². The average Bonchev–Trinajstić information content (AvgIpc) is 3.09. The first-order valence-electron chi connectivity index (χ1n) is 9.05. The number of ketones is 1. The number of piperazine rings is 1. The van der Waals surface area contributed by atoms with Crippen LogP contribution in [0, 0.1) is 0 Å². The summed E-state index contributed by atoms with van der Waals surface area (Å²) in [5.74, 6) is 1.19. The Bertz CT molecular complexity index is 884. The van der Waals surface area contributed by atoms with E-state index in [9.17, 15) is 13.2 Å². The van der Waals surface area contributed by atoms with Crippen molar-refractivity contribution in [2.45, 2.75) is 38.1 Å². The molecule has 0 amide bonds. The standard InChI is InChI=1S/C18H24N4O4S/c1-3-4-18-19-17(20-26-18)13-21-9-11-22(12-10-21)27(24,25)16-7-5-15(6-8-16)14(2)23/h5-8H,3-4,9-13H2,1-2H3. The number of carbonyl (C=O) groups excluding carboxylic acids is 1. The number of aryl methyl sites for hydroxylation is 1. The summed E-state index contributed by atoms with van der Waals surface area (Å²) in [7, 11) is -3.56. The number of rotatable bonds is 7. The number of aromatic nitrogens is 2. The Labute approximate surface area is 159 Å². The Morgan fingerprint density at radius 2 is 1.81 bits per heavy atom. The third kappa shape index (κ3) is 4.60. The van der Waals surface area contributed by atoms with Crippen LogP contribution in [0.1, 0.15) is 42.3 Å². The molecule has 2 heterocycles. The van der Waals surface area contributed by atoms with Crippen LogP contribution in [-0.4, -0.2) is 59.7 Å². The number of Topliss-reactive ketones (excluding diaryl/α,β-unsaturated/α-hetero) is 1. The number of benzene rings is 1. The molecule has 0 atom stereocenters. The van der Waals surface area contributed by atoms with Crippen LogP contribution in [0.15, 0.2) is 33.7 Å². The molecule has 0 unspecified atom stereocenters. The number of nitrogens with zero attached hydrogens (tertiary/aromatic N) is 4. The number of hydrogen-bond donors (Lipinski definition) is 0. The van der Waals surface area contributed by atoms with Crippen LogP contribution >= 0.6 is 0 Å². The second-order valence-corrected chi connectivity index (χ2v) is 8.55. The van der Waals surface area contributed by atoms with Gasteiger partial charge in [-0.1, -0.05) is 24.2 Å². The molecule has 0 N–H and O–H groups in total. The normalized spacial score (nSPS) is 16.5. The highest BCUT2D eigenvalue weighted by Gasteiger charge is 2.29. The summed E-state index contributed by atoms with van der Waals surface area (Å²) in [5.41, 5.74) is 0.501. The zero-order valence-corrected chi connectivity index (χ0v) is 16.4. The molecule has 0 saturated carbocycles. The highest BCUT2D eigenvalue weighted by Crippen LogP contribution is 2.19. The summed E-state index contributed by atoms with van der Waals surface area (Å²) >= 11 is 0. The van der Waals surface area contributed by atoms with Crippen molar-refractivity contribution in [2.24, 2.45) is 0 Å². The van der Waals surface area contributed by atoms with E-state index in [1.165, 1.54) is 23.4 Å². The van der Waals surface area contributed by atoms with Crippen LogP contribution < -0.4 is 0 Å². The Balaban J connectivity index is 1.59. The maximum Gasteiger partial charge on any atom is 0.243 e. The molecule has 1 saturated heterocycles. The van der Waals surface area contributed by atoms with Gasteiger partial charge in [0.2, 0.25) is 15.9 Å². The SMILES string of the molecule is CCCc1nc(CN2CCN(S(=O)(=O)c3ccc(C(C)=O)cc3)CC2)no1. The molecule has 3 rings (SSSR count). The minimum absolute atomic E-state index is 0.0869. The highest BCUT2D eigenvalue weighted by molar-refractivity contribution is 7.89. The molecule has 1 aromatic heterocycles. The van der Waals surface area contributed by atoms with Crippen molar-refractivity contribution < 1.29 is 17.7 Å². The number of hydrogen-bond acceptors (Lipinski definition) is 7. The first-order chi connectivity index (χ1) is 12.9. The van der Waals surface area contributed by atoms with Crippen molar-refractivity contribution in [3.8, 4) is 0 Å². The highest BCUT2D eigenvalue weighted by atomic mass is 32.2. The molecule has 0 radical (unpaired) electrons. The second kappa shape index (κ2) is 8.28. The molecular formula is C18H24N4O4S. The van der Waals surface area contributed by atoms with Crippen LogP contribution in [0.2, 0.25) is 0 Å². The summed E-state index contributed by atoms with van der Waals surface area (Å²) in [6, 6.07) is 6.09. The van der Waals surface area contributed by atoms with Gasteiger partial charge in [0, 0.05) is 38.2 Å². The monoisotopic (exact) mass is 392 g/mol. The van der Waals surface area contributed by atoms with Gasteiger partial charge < -0.3 is 4.52 Å². The number of carbonyl (C=O) groups is 1. The lowest BCUT2D eigenvalue weighted by Gasteiger charge is -2.33. The summed E-state index contributed by atoms with van der Waals surface area (Å²) in [5, 5.41) is 3.98. The largest absolute Gasteiger partial charge is 0.339 e. The topological polar surface area (TPSA) is 96.6 Å². The molecule has 0 spiro atoms. The zero-order valence-electron chi connectivity index (χ0n) is 15.6. The minimum atomic E-state index is -3.56. The molecule has 0 bridgehead atoms. The van der Waals surface area contributed by atoms with Crippen molar-refractivity contribution >= 4 is 15.8 Å². The van der Waals surface area contributed by atoms with Crippen molar-refractivity contribution in [3.05, 3.63) is 41.5 Å². The molecule has 1 aliphatic heterocycles. The van der Waals surface area contributed by atoms with Gasteiger partial charge in [0.05, 0.1) is 11.4 Å². The van der Waals surface area contributed by atoms with Gasteiger partial charge in [-0.3, -0.25) is 9.69 Å². The fourth-order valence-electron chi connectivity index (χ4n) is 3.01. The summed E-state index contributed by atoms with van der Waals surface area (Å²) < 4.78 is 32.2. The Kier molecular flexibility index (Phi) is 6.03. The molecular weight excluding hydrogens is 368 g/mol. The van der Waals surface area contributed by atoms with E-state index in [1.54, 1.807) is 12.1 Å². The molecule has 1 aromatic carbocycles. The molecule has 8 nitrogen and oxygen atoms in total. The third-order valence-corrected chi connectivity index (χ3v) is 6.48. The number of sulfonamides is 1. The molecule has 146 valence electrons. The van der Waals surface area contributed by atoms with Gasteiger partial charge in [-0.2, -0.15) is 9.29 Å². The van der Waals surface area contributed by atoms with Gasteiger partial charge in [-0.05, 0) is 25.5 Å². The summed E-state index contributed by atoms with van der Waals surface area (Å²) in [6.45, 7) is 6.06. The maximum absolute atomic E-state index is 12.8. The first-order valence-corrected chi connectivity index (χ1v) is 10.5. The van der Waals surface area contributed by atoms with Gasteiger partial charge in [0.1, 0.15) is 0 Å². The van der Waals surface area contributed by atoms with E-state index >= 15 is 0 Å². The molecule has 1 aliphatic rings. The van der Waals surface area contributed by atoms with Gasteiger partial charge >= 0.3 is 0 Å². The predicted molar refractivity (Wildman–Crippen MR) is 98.8 cm³/mol. The van der Waals surface area contributed by atoms with Gasteiger partial charge in [0.25, 0.3) is 0 Å².